The highest BCUT2D eigenvalue weighted by Crippen LogP contribution is 2.21. The van der Waals surface area contributed by atoms with Gasteiger partial charge in [0, 0.05) is 11.6 Å². The third kappa shape index (κ3) is 5.48. The van der Waals surface area contributed by atoms with Crippen LogP contribution < -0.4 is 0 Å². The Morgan fingerprint density at radius 1 is 1.53 bits per heavy atom. The number of hydrogen-bond acceptors (Lipinski definition) is 4. The van der Waals surface area contributed by atoms with Crippen LogP contribution in [0.15, 0.2) is 22.2 Å². The second-order valence-electron chi connectivity index (χ2n) is 4.93. The van der Waals surface area contributed by atoms with Crippen LogP contribution in [0, 0.1) is 0 Å². The van der Waals surface area contributed by atoms with Crippen molar-refractivity contribution < 1.29 is 19.2 Å². The summed E-state index contributed by atoms with van der Waals surface area (Å²) in [7, 11) is 1.98. The first-order valence-electron chi connectivity index (χ1n) is 6.82. The molecule has 0 aromatic heterocycles. The largest absolute Gasteiger partial charge is 0.481 e. The van der Waals surface area contributed by atoms with Gasteiger partial charge in [0.1, 0.15) is 18.4 Å². The number of nitrogens with zero attached hydrogens (tertiary/aromatic N) is 3. The third-order valence-corrected chi connectivity index (χ3v) is 3.20. The molecule has 0 fully saturated rings. The van der Waals surface area contributed by atoms with Gasteiger partial charge in [0.2, 0.25) is 0 Å². The summed E-state index contributed by atoms with van der Waals surface area (Å²) in [5.41, 5.74) is 1.00. The SMILES string of the molecule is CCC1=C[N+](C)(CCOC(CC)CCC(=O)O)N=N1. The van der Waals surface area contributed by atoms with Gasteiger partial charge in [-0.1, -0.05) is 19.0 Å². The number of rotatable bonds is 9. The van der Waals surface area contributed by atoms with E-state index in [2.05, 4.69) is 17.3 Å². The minimum absolute atomic E-state index is 0.0110. The smallest absolute Gasteiger partial charge is 0.303 e. The number of likely N-dealkylation sites (N-methyl/N-ethyl adjacent to an activating group) is 1. The highest BCUT2D eigenvalue weighted by atomic mass is 16.5. The number of ether oxygens (including phenoxy) is 1. The molecular formula is C13H24N3O3+. The molecule has 0 saturated heterocycles. The van der Waals surface area contributed by atoms with Gasteiger partial charge in [0.05, 0.1) is 19.8 Å². The fourth-order valence-electron chi connectivity index (χ4n) is 1.90. The summed E-state index contributed by atoms with van der Waals surface area (Å²) < 4.78 is 6.14. The summed E-state index contributed by atoms with van der Waals surface area (Å²) in [6, 6.07) is 0. The molecule has 1 aliphatic heterocycles. The first-order chi connectivity index (χ1) is 8.99. The van der Waals surface area contributed by atoms with Crippen LogP contribution in [-0.4, -0.2) is 42.0 Å². The van der Waals surface area contributed by atoms with Gasteiger partial charge in [0.25, 0.3) is 0 Å². The van der Waals surface area contributed by atoms with Gasteiger partial charge in [-0.05, 0) is 19.3 Å². The average molecular weight is 270 g/mol. The van der Waals surface area contributed by atoms with Gasteiger partial charge < -0.3 is 9.84 Å². The Morgan fingerprint density at radius 3 is 2.79 bits per heavy atom. The number of quaternary nitrogens is 1. The van der Waals surface area contributed by atoms with Gasteiger partial charge in [-0.15, -0.1) is 0 Å². The lowest BCUT2D eigenvalue weighted by molar-refractivity contribution is -0.868. The van der Waals surface area contributed by atoms with Crippen LogP contribution in [0.2, 0.25) is 0 Å². The number of hydrogen-bond donors (Lipinski definition) is 1. The lowest BCUT2D eigenvalue weighted by atomic mass is 10.1. The molecule has 0 radical (unpaired) electrons. The highest BCUT2D eigenvalue weighted by Gasteiger charge is 2.26. The standard InChI is InChI=1S/C13H23N3O3/c1-4-11-10-16(3,15-14-11)8-9-19-12(5-2)6-7-13(17)18/h10,12H,4-9H2,1-3H3/p+1. The molecule has 1 rings (SSSR count). The maximum absolute atomic E-state index is 10.5. The van der Waals surface area contributed by atoms with E-state index < -0.39 is 5.97 Å². The van der Waals surface area contributed by atoms with E-state index in [0.717, 1.165) is 25.1 Å². The molecule has 2 unspecified atom stereocenters. The molecule has 1 aliphatic rings. The van der Waals surface area contributed by atoms with Crippen LogP contribution in [-0.2, 0) is 9.53 Å². The van der Waals surface area contributed by atoms with Crippen LogP contribution in [0.4, 0.5) is 0 Å². The number of carboxylic acid groups (broad SMARTS) is 1. The van der Waals surface area contributed by atoms with Crippen LogP contribution >= 0.6 is 0 Å². The van der Waals surface area contributed by atoms with Crippen molar-refractivity contribution in [1.29, 1.82) is 0 Å². The van der Waals surface area contributed by atoms with Gasteiger partial charge >= 0.3 is 5.97 Å². The number of carbonyl (C=O) groups is 1. The maximum atomic E-state index is 10.5. The zero-order valence-corrected chi connectivity index (χ0v) is 12.0. The molecule has 0 bridgehead atoms. The molecule has 1 N–H and O–H groups in total. The Morgan fingerprint density at radius 2 is 2.26 bits per heavy atom. The van der Waals surface area contributed by atoms with E-state index in [1.807, 2.05) is 20.2 Å². The van der Waals surface area contributed by atoms with E-state index >= 15 is 0 Å². The summed E-state index contributed by atoms with van der Waals surface area (Å²) in [5, 5.41) is 17.0. The number of carboxylic acids is 1. The molecule has 0 spiro atoms. The first-order valence-corrected chi connectivity index (χ1v) is 6.82. The topological polar surface area (TPSA) is 71.2 Å². The molecule has 19 heavy (non-hydrogen) atoms. The van der Waals surface area contributed by atoms with Crippen molar-refractivity contribution in [2.24, 2.45) is 10.3 Å². The van der Waals surface area contributed by atoms with Gasteiger partial charge in [-0.3, -0.25) is 4.79 Å². The molecule has 108 valence electrons. The minimum atomic E-state index is -0.773. The Kier molecular flexibility index (Phi) is 6.11. The van der Waals surface area contributed by atoms with E-state index in [4.69, 9.17) is 9.84 Å². The predicted molar refractivity (Wildman–Crippen MR) is 71.2 cm³/mol. The van der Waals surface area contributed by atoms with Crippen LogP contribution in [0.3, 0.4) is 0 Å². The molecule has 0 aromatic rings. The van der Waals surface area contributed by atoms with Crippen molar-refractivity contribution in [2.45, 2.75) is 45.6 Å². The lowest BCUT2D eigenvalue weighted by Gasteiger charge is -2.20. The molecule has 0 amide bonds. The Labute approximate surface area is 114 Å². The second-order valence-corrected chi connectivity index (χ2v) is 4.93. The fourth-order valence-corrected chi connectivity index (χ4v) is 1.90. The Balaban J connectivity index is 2.31. The van der Waals surface area contributed by atoms with Crippen LogP contribution in [0.25, 0.3) is 0 Å². The highest BCUT2D eigenvalue weighted by molar-refractivity contribution is 5.66. The maximum Gasteiger partial charge on any atom is 0.303 e. The molecule has 2 atom stereocenters. The normalized spacial score (nSPS) is 23.4. The molecular weight excluding hydrogens is 246 g/mol. The fraction of sp³-hybridized carbons (Fsp3) is 0.769. The van der Waals surface area contributed by atoms with E-state index in [-0.39, 0.29) is 12.5 Å². The number of aliphatic carboxylic acids is 1. The summed E-state index contributed by atoms with van der Waals surface area (Å²) in [6.45, 7) is 5.33. The molecule has 6 nitrogen and oxygen atoms in total. The molecule has 1 heterocycles. The summed E-state index contributed by atoms with van der Waals surface area (Å²) in [4.78, 5) is 10.5. The summed E-state index contributed by atoms with van der Waals surface area (Å²) in [5.74, 6) is -0.773. The van der Waals surface area contributed by atoms with E-state index in [0.29, 0.717) is 17.6 Å². The van der Waals surface area contributed by atoms with Crippen molar-refractivity contribution in [3.63, 3.8) is 0 Å². The molecule has 0 aromatic carbocycles. The predicted octanol–water partition coefficient (Wildman–Crippen LogP) is 2.73. The van der Waals surface area contributed by atoms with Crippen molar-refractivity contribution in [3.05, 3.63) is 11.9 Å². The Hall–Kier alpha value is -1.27. The van der Waals surface area contributed by atoms with Crippen molar-refractivity contribution in [2.75, 3.05) is 20.2 Å². The van der Waals surface area contributed by atoms with Crippen molar-refractivity contribution in [1.82, 2.24) is 0 Å². The third-order valence-electron chi connectivity index (χ3n) is 3.20. The van der Waals surface area contributed by atoms with Gasteiger partial charge in [-0.2, -0.15) is 4.59 Å². The van der Waals surface area contributed by atoms with Gasteiger partial charge in [-0.25, -0.2) is 0 Å². The molecule has 0 saturated carbocycles. The van der Waals surface area contributed by atoms with Crippen molar-refractivity contribution in [3.8, 4) is 0 Å². The Bertz CT molecular complexity index is 368. The lowest BCUT2D eigenvalue weighted by Crippen LogP contribution is -2.35. The molecule has 6 heteroatoms. The van der Waals surface area contributed by atoms with E-state index in [1.54, 1.807) is 0 Å². The van der Waals surface area contributed by atoms with Crippen LogP contribution in [0.1, 0.15) is 39.5 Å². The first kappa shape index (κ1) is 15.8. The minimum Gasteiger partial charge on any atom is -0.481 e. The quantitative estimate of drug-likeness (QED) is 0.655. The monoisotopic (exact) mass is 270 g/mol. The van der Waals surface area contributed by atoms with Crippen LogP contribution in [0.5, 0.6) is 0 Å². The zero-order chi connectivity index (χ0) is 14.3. The van der Waals surface area contributed by atoms with E-state index in [9.17, 15) is 4.79 Å². The van der Waals surface area contributed by atoms with Gasteiger partial charge in [0.15, 0.2) is 0 Å². The second kappa shape index (κ2) is 7.35. The zero-order valence-electron chi connectivity index (χ0n) is 12.0. The molecule has 0 aliphatic carbocycles. The van der Waals surface area contributed by atoms with E-state index in [1.165, 1.54) is 0 Å². The summed E-state index contributed by atoms with van der Waals surface area (Å²) >= 11 is 0. The number of allylic oxidation sites excluding steroid dienone is 1. The van der Waals surface area contributed by atoms with Crippen molar-refractivity contribution >= 4 is 5.97 Å². The average Bonchev–Trinajstić information content (AvgIpc) is 2.75. The summed E-state index contributed by atoms with van der Waals surface area (Å²) in [6.07, 6.45) is 4.47.